The molecule has 2 N–H and O–H groups in total. The number of rotatable bonds is 48. The number of hydrogen-bond acceptors (Lipinski definition) is 6. The summed E-state index contributed by atoms with van der Waals surface area (Å²) in [5.41, 5.74) is 0. The first kappa shape index (κ1) is 61.5. The normalized spacial score (nSPS) is 14.5. The lowest BCUT2D eigenvalue weighted by Crippen LogP contribution is -2.45. The molecule has 8 nitrogen and oxygen atoms in total. The summed E-state index contributed by atoms with van der Waals surface area (Å²) in [7, 11) is 1.26. The number of amides is 1. The van der Waals surface area contributed by atoms with Crippen molar-refractivity contribution >= 4 is 13.7 Å². The van der Waals surface area contributed by atoms with E-state index in [1.54, 1.807) is 6.08 Å². The number of nitrogens with zero attached hydrogens (tertiary/aromatic N) is 1. The second kappa shape index (κ2) is 45.6. The number of quaternary nitrogens is 1. The number of nitrogens with one attached hydrogen (secondary N) is 1. The monoisotopic (exact) mass is 907 g/mol. The van der Waals surface area contributed by atoms with Gasteiger partial charge in [-0.15, -0.1) is 0 Å². The molecule has 0 spiro atoms. The molecule has 0 heterocycles. The van der Waals surface area contributed by atoms with E-state index in [-0.39, 0.29) is 19.1 Å². The molecule has 0 bridgehead atoms. The van der Waals surface area contributed by atoms with Crippen molar-refractivity contribution in [3.8, 4) is 0 Å². The van der Waals surface area contributed by atoms with Crippen LogP contribution < -0.4 is 10.2 Å². The van der Waals surface area contributed by atoms with Gasteiger partial charge < -0.3 is 28.8 Å². The van der Waals surface area contributed by atoms with Gasteiger partial charge in [-0.05, 0) is 57.8 Å². The van der Waals surface area contributed by atoms with Gasteiger partial charge >= 0.3 is 0 Å². The molecule has 0 aliphatic rings. The third-order valence-corrected chi connectivity index (χ3v) is 12.7. The summed E-state index contributed by atoms with van der Waals surface area (Å²) in [6, 6.07) is -0.886. The highest BCUT2D eigenvalue weighted by Gasteiger charge is 2.23. The summed E-state index contributed by atoms with van der Waals surface area (Å²) in [5, 5.41) is 13.8. The van der Waals surface area contributed by atoms with E-state index in [4.69, 9.17) is 9.05 Å². The van der Waals surface area contributed by atoms with Crippen molar-refractivity contribution in [3.63, 3.8) is 0 Å². The van der Waals surface area contributed by atoms with E-state index in [0.29, 0.717) is 17.4 Å². The molecule has 1 amide bonds. The van der Waals surface area contributed by atoms with Crippen LogP contribution in [0.15, 0.2) is 48.6 Å². The Bertz CT molecular complexity index is 1170. The minimum absolute atomic E-state index is 0.00151. The SMILES string of the molecule is CCCCCCC/C=C\C/C=C\C/C=C\CCCCCCCCCCCCCCCCC(=O)NC(COP(=O)([O-])OCC[N+](C)(C)C)C(O)/C=C/CCCCCCCCCCCC. The minimum Gasteiger partial charge on any atom is -0.756 e. The topological polar surface area (TPSA) is 108 Å². The number of phosphoric acid groups is 1. The van der Waals surface area contributed by atoms with Crippen LogP contribution in [0.5, 0.6) is 0 Å². The van der Waals surface area contributed by atoms with E-state index in [1.807, 2.05) is 27.2 Å². The number of phosphoric ester groups is 1. The first-order valence-corrected chi connectivity index (χ1v) is 28.0. The van der Waals surface area contributed by atoms with Crippen LogP contribution in [0.25, 0.3) is 0 Å². The van der Waals surface area contributed by atoms with Crippen molar-refractivity contribution in [1.29, 1.82) is 0 Å². The van der Waals surface area contributed by atoms with Gasteiger partial charge in [-0.2, -0.15) is 0 Å². The van der Waals surface area contributed by atoms with E-state index in [2.05, 4.69) is 55.6 Å². The number of allylic oxidation sites excluding steroid dienone is 7. The van der Waals surface area contributed by atoms with Gasteiger partial charge in [-0.25, -0.2) is 0 Å². The lowest BCUT2D eigenvalue weighted by molar-refractivity contribution is -0.870. The Balaban J connectivity index is 4.12. The molecule has 0 saturated carbocycles. The molecular weight excluding hydrogens is 804 g/mol. The van der Waals surface area contributed by atoms with Crippen LogP contribution >= 0.6 is 7.82 Å². The third-order valence-electron chi connectivity index (χ3n) is 11.8. The van der Waals surface area contributed by atoms with Gasteiger partial charge in [0.05, 0.1) is 39.9 Å². The fraction of sp³-hybridized carbons (Fsp3) is 0.833. The summed E-state index contributed by atoms with van der Waals surface area (Å²) in [6.07, 6.45) is 58.9. The Morgan fingerprint density at radius 1 is 0.556 bits per heavy atom. The number of hydrogen-bond donors (Lipinski definition) is 2. The highest BCUT2D eigenvalue weighted by atomic mass is 31.2. The Hall–Kier alpha value is -1.54. The second-order valence-corrected chi connectivity index (χ2v) is 20.6. The number of aliphatic hydroxyl groups is 1. The summed E-state index contributed by atoms with van der Waals surface area (Å²) >= 11 is 0. The first-order valence-electron chi connectivity index (χ1n) is 26.5. The molecule has 9 heteroatoms. The second-order valence-electron chi connectivity index (χ2n) is 19.2. The predicted molar refractivity (Wildman–Crippen MR) is 270 cm³/mol. The molecule has 3 atom stereocenters. The first-order chi connectivity index (χ1) is 30.5. The Morgan fingerprint density at radius 2 is 0.921 bits per heavy atom. The Labute approximate surface area is 390 Å². The van der Waals surface area contributed by atoms with Crippen molar-refractivity contribution in [2.45, 2.75) is 251 Å². The molecule has 0 rings (SSSR count). The van der Waals surface area contributed by atoms with E-state index < -0.39 is 20.0 Å². The number of likely N-dealkylation sites (N-methyl/N-ethyl adjacent to an activating group) is 1. The van der Waals surface area contributed by atoms with Gasteiger partial charge in [-0.1, -0.05) is 223 Å². The summed E-state index contributed by atoms with van der Waals surface area (Å²) in [5.74, 6) is -0.199. The zero-order valence-electron chi connectivity index (χ0n) is 42.0. The molecule has 0 aromatic heterocycles. The molecule has 3 unspecified atom stereocenters. The molecule has 0 aliphatic heterocycles. The molecule has 370 valence electrons. The number of carbonyl (C=O) groups excluding carboxylic acids is 1. The number of aliphatic hydroxyl groups excluding tert-OH is 1. The highest BCUT2D eigenvalue weighted by molar-refractivity contribution is 7.45. The quantitative estimate of drug-likeness (QED) is 0.0272. The minimum atomic E-state index is -4.59. The van der Waals surface area contributed by atoms with Crippen LogP contribution in [0.4, 0.5) is 0 Å². The molecule has 0 aromatic rings. The molecule has 63 heavy (non-hydrogen) atoms. The maximum Gasteiger partial charge on any atom is 0.268 e. The largest absolute Gasteiger partial charge is 0.756 e. The van der Waals surface area contributed by atoms with Crippen molar-refractivity contribution in [2.75, 3.05) is 40.9 Å². The molecule has 0 aliphatic carbocycles. The molecular formula is C54H103N2O6P. The molecule has 0 saturated heterocycles. The van der Waals surface area contributed by atoms with Crippen molar-refractivity contribution in [2.24, 2.45) is 0 Å². The molecule has 0 fully saturated rings. The van der Waals surface area contributed by atoms with Gasteiger partial charge in [0.1, 0.15) is 13.2 Å². The van der Waals surface area contributed by atoms with Crippen molar-refractivity contribution in [1.82, 2.24) is 5.32 Å². The lowest BCUT2D eigenvalue weighted by atomic mass is 10.0. The zero-order chi connectivity index (χ0) is 46.4. The Kier molecular flexibility index (Phi) is 44.5. The molecule has 0 radical (unpaired) electrons. The number of unbranched alkanes of at least 4 members (excludes halogenated alkanes) is 29. The average molecular weight is 907 g/mol. The van der Waals surface area contributed by atoms with E-state index in [0.717, 1.165) is 51.4 Å². The van der Waals surface area contributed by atoms with Crippen LogP contribution in [0.3, 0.4) is 0 Å². The van der Waals surface area contributed by atoms with Crippen LogP contribution in [0.1, 0.15) is 239 Å². The summed E-state index contributed by atoms with van der Waals surface area (Å²) in [6.45, 7) is 4.63. The van der Waals surface area contributed by atoms with Crippen LogP contribution in [-0.4, -0.2) is 68.5 Å². The van der Waals surface area contributed by atoms with E-state index in [9.17, 15) is 19.4 Å². The van der Waals surface area contributed by atoms with Gasteiger partial charge in [-0.3, -0.25) is 9.36 Å². The van der Waals surface area contributed by atoms with E-state index in [1.165, 1.54) is 167 Å². The zero-order valence-corrected chi connectivity index (χ0v) is 42.9. The lowest BCUT2D eigenvalue weighted by Gasteiger charge is -2.29. The van der Waals surface area contributed by atoms with Gasteiger partial charge in [0, 0.05) is 6.42 Å². The van der Waals surface area contributed by atoms with Crippen molar-refractivity contribution in [3.05, 3.63) is 48.6 Å². The third kappa shape index (κ3) is 48.2. The van der Waals surface area contributed by atoms with Crippen LogP contribution in [-0.2, 0) is 18.4 Å². The van der Waals surface area contributed by atoms with Gasteiger partial charge in [0.2, 0.25) is 5.91 Å². The predicted octanol–water partition coefficient (Wildman–Crippen LogP) is 15.0. The molecule has 0 aromatic carbocycles. The average Bonchev–Trinajstić information content (AvgIpc) is 3.24. The maximum atomic E-state index is 12.9. The van der Waals surface area contributed by atoms with Crippen LogP contribution in [0, 0.1) is 0 Å². The summed E-state index contributed by atoms with van der Waals surface area (Å²) in [4.78, 5) is 25.4. The standard InChI is InChI=1S/C54H103N2O6P/c1-6-8-10-12-14-16-18-20-21-22-23-24-25-26-27-28-29-30-31-32-33-34-35-36-38-40-42-44-46-48-54(58)55-52(51-62-63(59,60)61-50-49-56(3,4)5)53(57)47-45-43-41-39-37-19-17-15-13-11-9-7-2/h18,20,22-23,25-26,45,47,52-53,57H,6-17,19,21,24,27-44,46,48-51H2,1-5H3,(H-,55,58,59,60)/b20-18-,23-22-,26-25-,47-45+. The highest BCUT2D eigenvalue weighted by Crippen LogP contribution is 2.38. The Morgan fingerprint density at radius 3 is 1.33 bits per heavy atom. The number of carbonyl (C=O) groups is 1. The van der Waals surface area contributed by atoms with E-state index >= 15 is 0 Å². The maximum absolute atomic E-state index is 12.9. The van der Waals surface area contributed by atoms with Crippen molar-refractivity contribution < 1.29 is 32.9 Å². The fourth-order valence-electron chi connectivity index (χ4n) is 7.57. The van der Waals surface area contributed by atoms with Crippen LogP contribution in [0.2, 0.25) is 0 Å². The smallest absolute Gasteiger partial charge is 0.268 e. The van der Waals surface area contributed by atoms with Gasteiger partial charge in [0.15, 0.2) is 0 Å². The summed E-state index contributed by atoms with van der Waals surface area (Å²) < 4.78 is 23.2. The fourth-order valence-corrected chi connectivity index (χ4v) is 8.29. The van der Waals surface area contributed by atoms with Gasteiger partial charge in [0.25, 0.3) is 7.82 Å².